The van der Waals surface area contributed by atoms with Crippen LogP contribution in [0.5, 0.6) is 0 Å². The summed E-state index contributed by atoms with van der Waals surface area (Å²) in [7, 11) is 0. The maximum Gasteiger partial charge on any atom is 0.303 e. The molecule has 166 valence electrons. The van der Waals surface area contributed by atoms with Crippen molar-refractivity contribution in [1.29, 1.82) is 0 Å². The third-order valence-electron chi connectivity index (χ3n) is 10.4. The van der Waals surface area contributed by atoms with Gasteiger partial charge in [-0.1, -0.05) is 20.8 Å². The van der Waals surface area contributed by atoms with Crippen molar-refractivity contribution in [2.24, 2.45) is 46.3 Å². The molecule has 4 aliphatic rings. The second-order valence-corrected chi connectivity index (χ2v) is 11.4. The lowest BCUT2D eigenvalue weighted by Gasteiger charge is -2.63. The highest BCUT2D eigenvalue weighted by atomic mass is 16.4. The van der Waals surface area contributed by atoms with Crippen molar-refractivity contribution in [3.05, 3.63) is 0 Å². The van der Waals surface area contributed by atoms with Gasteiger partial charge in [0.2, 0.25) is 0 Å². The Morgan fingerprint density at radius 1 is 0.931 bits per heavy atom. The van der Waals surface area contributed by atoms with Gasteiger partial charge in [-0.25, -0.2) is 0 Å². The summed E-state index contributed by atoms with van der Waals surface area (Å²) in [4.78, 5) is 11.1. The monoisotopic (exact) mass is 408 g/mol. The topological polar surface area (TPSA) is 98.0 Å². The zero-order valence-electron chi connectivity index (χ0n) is 18.3. The average Bonchev–Trinajstić information content (AvgIpc) is 3.01. The second-order valence-electron chi connectivity index (χ2n) is 11.4. The van der Waals surface area contributed by atoms with Crippen LogP contribution in [0.2, 0.25) is 0 Å². The first-order chi connectivity index (χ1) is 13.6. The summed E-state index contributed by atoms with van der Waals surface area (Å²) >= 11 is 0. The van der Waals surface area contributed by atoms with Gasteiger partial charge in [-0.05, 0) is 97.7 Å². The van der Waals surface area contributed by atoms with Crippen LogP contribution in [0.25, 0.3) is 0 Å². The van der Waals surface area contributed by atoms with Gasteiger partial charge in [0.25, 0.3) is 0 Å². The first-order valence-corrected chi connectivity index (χ1v) is 11.9. The quantitative estimate of drug-likeness (QED) is 0.571. The van der Waals surface area contributed by atoms with Crippen LogP contribution < -0.4 is 0 Å². The number of aliphatic hydroxyl groups is 3. The minimum atomic E-state index is -0.736. The van der Waals surface area contributed by atoms with Gasteiger partial charge in [-0.3, -0.25) is 4.79 Å². The van der Waals surface area contributed by atoms with E-state index in [0.29, 0.717) is 48.3 Å². The maximum atomic E-state index is 11.5. The standard InChI is InChI=1S/C24H40O5/c1-13(4-9-22(28)29)17-7-8-18-16-6-5-14-10-15(25)11-20(26)23(14,2)19(16)12-21(27)24(17,18)3/h13-21,25-27H,4-12H2,1-3H3,(H,28,29)/t13?,14-,15+,16+,17-,18+,19+,20-,21+,23+,24-/m1/s1. The Kier molecular flexibility index (Phi) is 5.57. The first-order valence-electron chi connectivity index (χ1n) is 11.9. The third-order valence-corrected chi connectivity index (χ3v) is 10.4. The van der Waals surface area contributed by atoms with E-state index in [-0.39, 0.29) is 17.3 Å². The zero-order valence-corrected chi connectivity index (χ0v) is 18.3. The minimum Gasteiger partial charge on any atom is -0.481 e. The number of carbonyl (C=O) groups is 1. The molecule has 0 aromatic heterocycles. The van der Waals surface area contributed by atoms with Crippen LogP contribution in [-0.2, 0) is 4.79 Å². The van der Waals surface area contributed by atoms with Crippen LogP contribution in [0.4, 0.5) is 0 Å². The summed E-state index contributed by atoms with van der Waals surface area (Å²) in [5.74, 6) is 1.55. The van der Waals surface area contributed by atoms with E-state index in [1.165, 1.54) is 0 Å². The molecule has 5 nitrogen and oxygen atoms in total. The van der Waals surface area contributed by atoms with Gasteiger partial charge < -0.3 is 20.4 Å². The molecule has 0 spiro atoms. The molecule has 4 aliphatic carbocycles. The minimum absolute atomic E-state index is 0.151. The van der Waals surface area contributed by atoms with Crippen LogP contribution in [-0.4, -0.2) is 44.7 Å². The van der Waals surface area contributed by atoms with Crippen LogP contribution in [0, 0.1) is 46.3 Å². The lowest BCUT2D eigenvalue weighted by Crippen LogP contribution is -2.62. The molecule has 0 aromatic rings. The fourth-order valence-electron chi connectivity index (χ4n) is 8.78. The number of rotatable bonds is 4. The predicted octanol–water partition coefficient (Wildman–Crippen LogP) is 3.45. The molecule has 4 fully saturated rings. The molecule has 4 N–H and O–H groups in total. The molecule has 5 heteroatoms. The van der Waals surface area contributed by atoms with E-state index in [2.05, 4.69) is 20.8 Å². The van der Waals surface area contributed by atoms with Crippen LogP contribution in [0.15, 0.2) is 0 Å². The number of carboxylic acid groups (broad SMARTS) is 1. The molecular formula is C24H40O5. The molecule has 4 rings (SSSR count). The highest BCUT2D eigenvalue weighted by Gasteiger charge is 2.65. The zero-order chi connectivity index (χ0) is 21.1. The van der Waals surface area contributed by atoms with Gasteiger partial charge in [0, 0.05) is 6.42 Å². The Morgan fingerprint density at radius 3 is 2.31 bits per heavy atom. The smallest absolute Gasteiger partial charge is 0.303 e. The molecule has 0 aliphatic heterocycles. The largest absolute Gasteiger partial charge is 0.481 e. The van der Waals surface area contributed by atoms with Crippen molar-refractivity contribution < 1.29 is 25.2 Å². The van der Waals surface area contributed by atoms with Gasteiger partial charge >= 0.3 is 5.97 Å². The van der Waals surface area contributed by atoms with E-state index >= 15 is 0 Å². The molecule has 0 bridgehead atoms. The Hall–Kier alpha value is -0.650. The van der Waals surface area contributed by atoms with E-state index in [1.54, 1.807) is 0 Å². The van der Waals surface area contributed by atoms with Gasteiger partial charge in [-0.2, -0.15) is 0 Å². The average molecular weight is 409 g/mol. The fraction of sp³-hybridized carbons (Fsp3) is 0.958. The number of hydrogen-bond acceptors (Lipinski definition) is 4. The lowest BCUT2D eigenvalue weighted by molar-refractivity contribution is -0.207. The Labute approximate surface area is 174 Å². The van der Waals surface area contributed by atoms with Crippen molar-refractivity contribution in [2.75, 3.05) is 0 Å². The molecule has 0 aromatic carbocycles. The van der Waals surface area contributed by atoms with Crippen molar-refractivity contribution in [2.45, 2.75) is 96.9 Å². The van der Waals surface area contributed by atoms with Crippen LogP contribution in [0.3, 0.4) is 0 Å². The van der Waals surface area contributed by atoms with Crippen molar-refractivity contribution in [3.8, 4) is 0 Å². The second kappa shape index (κ2) is 7.49. The number of carboxylic acids is 1. The molecule has 1 unspecified atom stereocenters. The molecule has 29 heavy (non-hydrogen) atoms. The number of aliphatic carboxylic acids is 1. The Bertz CT molecular complexity index is 637. The van der Waals surface area contributed by atoms with Crippen molar-refractivity contribution in [3.63, 3.8) is 0 Å². The Morgan fingerprint density at radius 2 is 1.62 bits per heavy atom. The van der Waals surface area contributed by atoms with Crippen LogP contribution in [0.1, 0.15) is 78.6 Å². The summed E-state index contributed by atoms with van der Waals surface area (Å²) in [5, 5.41) is 41.8. The first kappa shape index (κ1) is 21.6. The van der Waals surface area contributed by atoms with Gasteiger partial charge in [0.15, 0.2) is 0 Å². The van der Waals surface area contributed by atoms with E-state index in [9.17, 15) is 20.1 Å². The maximum absolute atomic E-state index is 11.5. The van der Waals surface area contributed by atoms with E-state index in [0.717, 1.165) is 38.5 Å². The van der Waals surface area contributed by atoms with Gasteiger partial charge in [0.1, 0.15) is 0 Å². The highest BCUT2D eigenvalue weighted by Crippen LogP contribution is 2.68. The molecular weight excluding hydrogens is 368 g/mol. The number of fused-ring (bicyclic) bond motifs is 5. The van der Waals surface area contributed by atoms with Gasteiger partial charge in [0.05, 0.1) is 18.3 Å². The van der Waals surface area contributed by atoms with Gasteiger partial charge in [-0.15, -0.1) is 0 Å². The summed E-state index contributed by atoms with van der Waals surface area (Å²) < 4.78 is 0. The number of aliphatic hydroxyl groups excluding tert-OH is 3. The Balaban J connectivity index is 1.59. The van der Waals surface area contributed by atoms with E-state index < -0.39 is 24.3 Å². The predicted molar refractivity (Wildman–Crippen MR) is 110 cm³/mol. The SMILES string of the molecule is CC(CCC(=O)O)[C@H]1CC[C@H]2[C@@H]3CC[C@@H]4C[C@H](O)C[C@@H](O)[C@]4(C)[C@H]3C[C@H](O)[C@]12C. The number of hydrogen-bond donors (Lipinski definition) is 4. The molecule has 0 amide bonds. The van der Waals surface area contributed by atoms with E-state index in [1.807, 2.05) is 0 Å². The fourth-order valence-corrected chi connectivity index (χ4v) is 8.78. The summed E-state index contributed by atoms with van der Waals surface area (Å²) in [6.07, 6.45) is 5.95. The summed E-state index contributed by atoms with van der Waals surface area (Å²) in [5.41, 5.74) is -0.362. The molecule has 0 saturated heterocycles. The summed E-state index contributed by atoms with van der Waals surface area (Å²) in [6, 6.07) is 0. The van der Waals surface area contributed by atoms with Crippen molar-refractivity contribution >= 4 is 5.97 Å². The lowest BCUT2D eigenvalue weighted by atomic mass is 9.43. The molecule has 11 atom stereocenters. The molecule has 0 heterocycles. The van der Waals surface area contributed by atoms with E-state index in [4.69, 9.17) is 5.11 Å². The third kappa shape index (κ3) is 3.18. The van der Waals surface area contributed by atoms with Crippen LogP contribution >= 0.6 is 0 Å². The molecule has 0 radical (unpaired) electrons. The van der Waals surface area contributed by atoms with Crippen molar-refractivity contribution in [1.82, 2.24) is 0 Å². The molecule has 4 saturated carbocycles. The normalized spacial score (nSPS) is 52.9. The summed E-state index contributed by atoms with van der Waals surface area (Å²) in [6.45, 7) is 6.66. The highest BCUT2D eigenvalue weighted by molar-refractivity contribution is 5.66.